The lowest BCUT2D eigenvalue weighted by Gasteiger charge is -2.19. The minimum absolute atomic E-state index is 0.532. The molecule has 0 fully saturated rings. The van der Waals surface area contributed by atoms with Crippen molar-refractivity contribution >= 4 is 44.3 Å². The van der Waals surface area contributed by atoms with Crippen molar-refractivity contribution in [2.24, 2.45) is 0 Å². The number of hydrogen-bond acceptors (Lipinski definition) is 6. The molecule has 0 unspecified atom stereocenters. The lowest BCUT2D eigenvalue weighted by atomic mass is 10.2. The van der Waals surface area contributed by atoms with E-state index in [1.807, 2.05) is 26.8 Å². The van der Waals surface area contributed by atoms with E-state index in [2.05, 4.69) is 31.0 Å². The van der Waals surface area contributed by atoms with Crippen molar-refractivity contribution < 1.29 is 9.53 Å². The van der Waals surface area contributed by atoms with Crippen LogP contribution in [0.5, 0.6) is 0 Å². The van der Waals surface area contributed by atoms with Crippen LogP contribution in [0.15, 0.2) is 28.6 Å². The number of halogens is 1. The van der Waals surface area contributed by atoms with E-state index in [4.69, 9.17) is 4.74 Å². The van der Waals surface area contributed by atoms with Gasteiger partial charge in [0.05, 0.1) is 22.3 Å². The van der Waals surface area contributed by atoms with E-state index >= 15 is 0 Å². The van der Waals surface area contributed by atoms with E-state index in [1.165, 1.54) is 16.0 Å². The van der Waals surface area contributed by atoms with Gasteiger partial charge in [0, 0.05) is 11.6 Å². The Hall–Kier alpha value is -1.80. The molecule has 6 nitrogen and oxygen atoms in total. The number of carbonyl (C=O) groups is 1. The molecule has 0 saturated carbocycles. The van der Waals surface area contributed by atoms with Gasteiger partial charge < -0.3 is 4.74 Å². The van der Waals surface area contributed by atoms with Crippen molar-refractivity contribution in [1.82, 2.24) is 19.7 Å². The number of hydrogen-bond donors (Lipinski definition) is 0. The maximum absolute atomic E-state index is 12.2. The standard InChI is InChI=1S/C14H13BrN4O2S/c1-14(2,3)21-13(20)19-11-8(5-17-19)4-9(18-12(11)15)10-6-16-7-22-10/h4-7H,1-3H3. The van der Waals surface area contributed by atoms with E-state index in [9.17, 15) is 4.79 Å². The Bertz CT molecular complexity index is 837. The molecule has 3 aromatic heterocycles. The fourth-order valence-corrected chi connectivity index (χ4v) is 3.09. The van der Waals surface area contributed by atoms with Crippen LogP contribution in [-0.2, 0) is 4.74 Å². The Balaban J connectivity index is 2.07. The number of pyridine rings is 1. The summed E-state index contributed by atoms with van der Waals surface area (Å²) in [5.74, 6) is 0. The molecule has 0 amide bonds. The topological polar surface area (TPSA) is 69.9 Å². The first-order valence-corrected chi connectivity index (χ1v) is 8.19. The van der Waals surface area contributed by atoms with Crippen LogP contribution in [0.4, 0.5) is 4.79 Å². The van der Waals surface area contributed by atoms with Crippen LogP contribution < -0.4 is 0 Å². The first-order valence-electron chi connectivity index (χ1n) is 6.51. The summed E-state index contributed by atoms with van der Waals surface area (Å²) in [5.41, 5.74) is 2.53. The van der Waals surface area contributed by atoms with E-state index in [0.717, 1.165) is 16.0 Å². The molecule has 3 aromatic rings. The zero-order valence-corrected chi connectivity index (χ0v) is 14.6. The van der Waals surface area contributed by atoms with Crippen LogP contribution in [0, 0.1) is 0 Å². The number of carbonyl (C=O) groups excluding carboxylic acids is 1. The fraction of sp³-hybridized carbons (Fsp3) is 0.286. The van der Waals surface area contributed by atoms with Crippen molar-refractivity contribution in [2.45, 2.75) is 26.4 Å². The fourth-order valence-electron chi connectivity index (χ4n) is 1.92. The summed E-state index contributed by atoms with van der Waals surface area (Å²) in [6.45, 7) is 5.43. The molecule has 0 aliphatic heterocycles. The number of aromatic nitrogens is 4. The quantitative estimate of drug-likeness (QED) is 0.594. The molecule has 8 heteroatoms. The molecule has 0 N–H and O–H groups in total. The Morgan fingerprint density at radius 1 is 1.36 bits per heavy atom. The highest BCUT2D eigenvalue weighted by molar-refractivity contribution is 9.10. The SMILES string of the molecule is CC(C)(C)OC(=O)n1ncc2cc(-c3cncs3)nc(Br)c21. The van der Waals surface area contributed by atoms with Crippen LogP contribution in [0.3, 0.4) is 0 Å². The minimum Gasteiger partial charge on any atom is -0.442 e. The third-order valence-corrected chi connectivity index (χ3v) is 4.10. The maximum Gasteiger partial charge on any atom is 0.435 e. The molecule has 3 heterocycles. The third kappa shape index (κ3) is 2.89. The smallest absolute Gasteiger partial charge is 0.435 e. The zero-order chi connectivity index (χ0) is 15.9. The summed E-state index contributed by atoms with van der Waals surface area (Å²) in [6, 6.07) is 1.88. The second kappa shape index (κ2) is 5.44. The summed E-state index contributed by atoms with van der Waals surface area (Å²) in [7, 11) is 0. The summed E-state index contributed by atoms with van der Waals surface area (Å²) in [6.07, 6.45) is 2.84. The number of nitrogens with zero attached hydrogens (tertiary/aromatic N) is 4. The van der Waals surface area contributed by atoms with E-state index in [-0.39, 0.29) is 0 Å². The lowest BCUT2D eigenvalue weighted by molar-refractivity contribution is 0.0522. The zero-order valence-electron chi connectivity index (χ0n) is 12.2. The van der Waals surface area contributed by atoms with Crippen molar-refractivity contribution in [1.29, 1.82) is 0 Å². The summed E-state index contributed by atoms with van der Waals surface area (Å²) < 4.78 is 7.11. The Labute approximate surface area is 139 Å². The number of ether oxygens (including phenoxy) is 1. The highest BCUT2D eigenvalue weighted by Crippen LogP contribution is 2.29. The van der Waals surface area contributed by atoms with E-state index in [0.29, 0.717) is 10.1 Å². The molecule has 0 bridgehead atoms. The third-order valence-electron chi connectivity index (χ3n) is 2.75. The van der Waals surface area contributed by atoms with Crippen LogP contribution in [0.1, 0.15) is 20.8 Å². The van der Waals surface area contributed by atoms with Gasteiger partial charge in [0.1, 0.15) is 15.7 Å². The molecule has 114 valence electrons. The largest absolute Gasteiger partial charge is 0.442 e. The van der Waals surface area contributed by atoms with Gasteiger partial charge in [-0.25, -0.2) is 9.78 Å². The lowest BCUT2D eigenvalue weighted by Crippen LogP contribution is -2.27. The average Bonchev–Trinajstić information content (AvgIpc) is 3.05. The molecule has 0 radical (unpaired) electrons. The molecule has 0 aromatic carbocycles. The van der Waals surface area contributed by atoms with Crippen LogP contribution >= 0.6 is 27.3 Å². The molecular weight excluding hydrogens is 368 g/mol. The molecule has 0 aliphatic carbocycles. The minimum atomic E-state index is -0.585. The van der Waals surface area contributed by atoms with Crippen LogP contribution in [-0.4, -0.2) is 31.4 Å². The molecule has 0 spiro atoms. The molecule has 0 saturated heterocycles. The summed E-state index contributed by atoms with van der Waals surface area (Å²) >= 11 is 4.92. The van der Waals surface area contributed by atoms with Gasteiger partial charge in [0.15, 0.2) is 0 Å². The first-order chi connectivity index (χ1) is 10.3. The van der Waals surface area contributed by atoms with Crippen molar-refractivity contribution in [3.63, 3.8) is 0 Å². The summed E-state index contributed by atoms with van der Waals surface area (Å²) in [4.78, 5) is 21.7. The van der Waals surface area contributed by atoms with E-state index < -0.39 is 11.7 Å². The van der Waals surface area contributed by atoms with Crippen molar-refractivity contribution in [3.8, 4) is 10.6 Å². The normalized spacial score (nSPS) is 11.8. The van der Waals surface area contributed by atoms with Gasteiger partial charge in [0.2, 0.25) is 0 Å². The second-order valence-corrected chi connectivity index (χ2v) is 7.28. The summed E-state index contributed by atoms with van der Waals surface area (Å²) in [5, 5.41) is 4.92. The molecular formula is C14H13BrN4O2S. The predicted molar refractivity (Wildman–Crippen MR) is 88.0 cm³/mol. The monoisotopic (exact) mass is 380 g/mol. The van der Waals surface area contributed by atoms with Gasteiger partial charge in [-0.15, -0.1) is 11.3 Å². The average molecular weight is 381 g/mol. The van der Waals surface area contributed by atoms with Crippen molar-refractivity contribution in [2.75, 3.05) is 0 Å². The molecule has 0 atom stereocenters. The van der Waals surface area contributed by atoms with Crippen molar-refractivity contribution in [3.05, 3.63) is 28.6 Å². The number of thiazole rings is 1. The molecule has 22 heavy (non-hydrogen) atoms. The van der Waals surface area contributed by atoms with Gasteiger partial charge in [-0.2, -0.15) is 9.78 Å². The molecule has 0 aliphatic rings. The number of fused-ring (bicyclic) bond motifs is 1. The van der Waals surface area contributed by atoms with Crippen LogP contribution in [0.2, 0.25) is 0 Å². The second-order valence-electron chi connectivity index (χ2n) is 5.64. The van der Waals surface area contributed by atoms with Gasteiger partial charge in [0.25, 0.3) is 0 Å². The van der Waals surface area contributed by atoms with Gasteiger partial charge in [-0.05, 0) is 42.8 Å². The number of rotatable bonds is 1. The Morgan fingerprint density at radius 3 is 2.77 bits per heavy atom. The highest BCUT2D eigenvalue weighted by Gasteiger charge is 2.22. The highest BCUT2D eigenvalue weighted by atomic mass is 79.9. The van der Waals surface area contributed by atoms with Crippen LogP contribution in [0.25, 0.3) is 21.5 Å². The maximum atomic E-state index is 12.2. The van der Waals surface area contributed by atoms with E-state index in [1.54, 1.807) is 17.9 Å². The van der Waals surface area contributed by atoms with Gasteiger partial charge >= 0.3 is 6.09 Å². The van der Waals surface area contributed by atoms with Gasteiger partial charge in [-0.3, -0.25) is 4.98 Å². The molecule has 3 rings (SSSR count). The first kappa shape index (κ1) is 15.1. The Morgan fingerprint density at radius 2 is 2.14 bits per heavy atom. The van der Waals surface area contributed by atoms with Gasteiger partial charge in [-0.1, -0.05) is 0 Å². The predicted octanol–water partition coefficient (Wildman–Crippen LogP) is 4.10. The Kier molecular flexibility index (Phi) is 3.73.